The molecule has 0 unspecified atom stereocenters. The number of hydrogen-bond donors (Lipinski definition) is 0. The molecule has 0 saturated heterocycles. The fraction of sp³-hybridized carbons (Fsp3) is 0.526. The number of halogens is 2. The summed E-state index contributed by atoms with van der Waals surface area (Å²) in [5.74, 6) is 1.25. The van der Waals surface area contributed by atoms with E-state index in [0.29, 0.717) is 25.0 Å². The summed E-state index contributed by atoms with van der Waals surface area (Å²) in [6.45, 7) is 5.26. The number of nitrogens with zero attached hydrogens (tertiary/aromatic N) is 2. The van der Waals surface area contributed by atoms with E-state index in [1.54, 1.807) is 12.1 Å². The van der Waals surface area contributed by atoms with Gasteiger partial charge in [0.1, 0.15) is 23.8 Å². The van der Waals surface area contributed by atoms with Gasteiger partial charge in [-0.3, -0.25) is 0 Å². The zero-order valence-corrected chi connectivity index (χ0v) is 25.9. The Morgan fingerprint density at radius 1 is 0.698 bits per heavy atom. The lowest BCUT2D eigenvalue weighted by atomic mass is 9.75. The van der Waals surface area contributed by atoms with E-state index in [1.165, 1.54) is 63.5 Å². The number of hydrogen-bond acceptors (Lipinski definition) is 3. The second kappa shape index (κ2) is 16.5. The molecule has 2 saturated carbocycles. The molecule has 228 valence electrons. The molecule has 0 heterocycles. The maximum atomic E-state index is 14.6. The molecule has 0 bridgehead atoms. The molecule has 0 N–H and O–H groups in total. The van der Waals surface area contributed by atoms with Gasteiger partial charge in [-0.25, -0.2) is 8.78 Å². The van der Waals surface area contributed by atoms with Gasteiger partial charge < -0.3 is 4.74 Å². The molecule has 3 nitrogen and oxygen atoms in total. The van der Waals surface area contributed by atoms with Crippen LogP contribution in [0.1, 0.15) is 113 Å². The van der Waals surface area contributed by atoms with Crippen LogP contribution in [0.4, 0.5) is 8.78 Å². The van der Waals surface area contributed by atoms with E-state index in [1.807, 2.05) is 24.3 Å². The molecule has 5 heteroatoms. The molecule has 2 aliphatic carbocycles. The van der Waals surface area contributed by atoms with E-state index >= 15 is 0 Å². The first-order valence-corrected chi connectivity index (χ1v) is 16.3. The molecular weight excluding hydrogens is 538 g/mol. The van der Waals surface area contributed by atoms with Crippen molar-refractivity contribution in [3.05, 3.63) is 82.4 Å². The molecular formula is C38H46F2N2O. The van der Waals surface area contributed by atoms with Gasteiger partial charge in [-0.15, -0.1) is 0 Å². The zero-order valence-electron chi connectivity index (χ0n) is 25.9. The summed E-state index contributed by atoms with van der Waals surface area (Å²) in [5, 5.41) is 18.4. The molecule has 0 spiro atoms. The Morgan fingerprint density at radius 2 is 1.09 bits per heavy atom. The molecule has 4 rings (SSSR count). The Labute approximate surface area is 257 Å². The van der Waals surface area contributed by atoms with E-state index in [-0.39, 0.29) is 11.1 Å². The molecule has 43 heavy (non-hydrogen) atoms. The van der Waals surface area contributed by atoms with Crippen molar-refractivity contribution in [2.24, 2.45) is 23.7 Å². The lowest BCUT2D eigenvalue weighted by molar-refractivity contribution is 0.193. The third kappa shape index (κ3) is 8.87. The average molecular weight is 585 g/mol. The van der Waals surface area contributed by atoms with Gasteiger partial charge >= 0.3 is 0 Å². The van der Waals surface area contributed by atoms with Gasteiger partial charge in [-0.2, -0.15) is 10.5 Å². The van der Waals surface area contributed by atoms with Crippen LogP contribution in [-0.4, -0.2) is 13.2 Å². The topological polar surface area (TPSA) is 56.8 Å². The Morgan fingerprint density at radius 3 is 1.42 bits per heavy atom. The molecule has 2 aromatic carbocycles. The first kappa shape index (κ1) is 32.6. The quantitative estimate of drug-likeness (QED) is 0.233. The Hall–Kier alpha value is -3.28. The minimum Gasteiger partial charge on any atom is -0.373 e. The van der Waals surface area contributed by atoms with Crippen LogP contribution in [0.2, 0.25) is 0 Å². The summed E-state index contributed by atoms with van der Waals surface area (Å²) in [6, 6.07) is 13.7. The summed E-state index contributed by atoms with van der Waals surface area (Å²) < 4.78 is 35.4. The van der Waals surface area contributed by atoms with Crippen molar-refractivity contribution in [2.45, 2.75) is 90.9 Å². The molecule has 0 radical (unpaired) electrons. The summed E-state index contributed by atoms with van der Waals surface area (Å²) >= 11 is 0. The van der Waals surface area contributed by atoms with Gasteiger partial charge in [0.05, 0.1) is 24.3 Å². The Bertz CT molecular complexity index is 1250. The van der Waals surface area contributed by atoms with Crippen molar-refractivity contribution in [2.75, 3.05) is 13.2 Å². The van der Waals surface area contributed by atoms with Crippen LogP contribution in [-0.2, 0) is 4.74 Å². The average Bonchev–Trinajstić information content (AvgIpc) is 3.02. The Balaban J connectivity index is 1.50. The molecule has 2 aliphatic rings. The fourth-order valence-electron chi connectivity index (χ4n) is 7.32. The maximum absolute atomic E-state index is 14.6. The van der Waals surface area contributed by atoms with Crippen molar-refractivity contribution in [3.63, 3.8) is 0 Å². The molecule has 0 atom stereocenters. The van der Waals surface area contributed by atoms with Crippen LogP contribution in [0.15, 0.2) is 48.6 Å². The molecule has 2 fully saturated rings. The lowest BCUT2D eigenvalue weighted by Gasteiger charge is -2.31. The van der Waals surface area contributed by atoms with Gasteiger partial charge in [-0.05, 0) is 122 Å². The molecule has 0 aromatic heterocycles. The van der Waals surface area contributed by atoms with Crippen LogP contribution in [0.25, 0.3) is 11.1 Å². The minimum atomic E-state index is -0.484. The van der Waals surface area contributed by atoms with E-state index < -0.39 is 11.6 Å². The molecule has 0 aliphatic heterocycles. The summed E-state index contributed by atoms with van der Waals surface area (Å²) in [6.07, 6.45) is 18.2. The number of allylic oxidation sites excluding steroid dienone is 2. The lowest BCUT2D eigenvalue weighted by Crippen LogP contribution is -2.17. The number of nitriles is 2. The number of benzene rings is 2. The highest BCUT2D eigenvalue weighted by molar-refractivity contribution is 5.69. The van der Waals surface area contributed by atoms with E-state index in [9.17, 15) is 19.3 Å². The van der Waals surface area contributed by atoms with Crippen LogP contribution in [0.5, 0.6) is 0 Å². The molecule has 2 aromatic rings. The SMILES string of the molecule is CCC[C@H]1CC[C@H](C(=CCOCC=C(c2ccc(C#N)c(F)c2)[C@H]2CC[C@H](CCC)CC2)c2ccc(C#N)c(F)c2)CC1. The summed E-state index contributed by atoms with van der Waals surface area (Å²) in [5.41, 5.74) is 3.98. The van der Waals surface area contributed by atoms with E-state index in [4.69, 9.17) is 4.74 Å². The third-order valence-corrected chi connectivity index (χ3v) is 9.65. The smallest absolute Gasteiger partial charge is 0.141 e. The highest BCUT2D eigenvalue weighted by Crippen LogP contribution is 2.41. The minimum absolute atomic E-state index is 0.0617. The largest absolute Gasteiger partial charge is 0.373 e. The van der Waals surface area contributed by atoms with Crippen molar-refractivity contribution in [1.29, 1.82) is 10.5 Å². The fourth-order valence-corrected chi connectivity index (χ4v) is 7.32. The van der Waals surface area contributed by atoms with Crippen LogP contribution in [0.3, 0.4) is 0 Å². The number of ether oxygens (including phenoxy) is 1. The van der Waals surface area contributed by atoms with E-state index in [0.717, 1.165) is 59.8 Å². The molecule has 0 amide bonds. The first-order valence-electron chi connectivity index (χ1n) is 16.3. The van der Waals surface area contributed by atoms with E-state index in [2.05, 4.69) is 26.0 Å². The predicted octanol–water partition coefficient (Wildman–Crippen LogP) is 10.4. The monoisotopic (exact) mass is 584 g/mol. The zero-order chi connectivity index (χ0) is 30.6. The van der Waals surface area contributed by atoms with Crippen molar-refractivity contribution < 1.29 is 13.5 Å². The van der Waals surface area contributed by atoms with Crippen LogP contribution < -0.4 is 0 Å². The van der Waals surface area contributed by atoms with Gasteiger partial charge in [-0.1, -0.05) is 63.8 Å². The standard InChI is InChI=1S/C38H46F2N2O/c1-3-5-27-7-11-29(12-8-27)35(31-15-17-33(25-41)37(39)23-31)19-21-43-22-20-36(30-13-9-28(6-4-2)10-14-30)32-16-18-34(26-42)38(40)24-32/h15-20,23-24,27-30H,3-14,21-22H2,1-2H3/t27-,28-,29-,30-. The maximum Gasteiger partial charge on any atom is 0.141 e. The van der Waals surface area contributed by atoms with Gasteiger partial charge in [0, 0.05) is 0 Å². The highest BCUT2D eigenvalue weighted by atomic mass is 19.1. The normalized spacial score (nSPS) is 23.0. The first-order chi connectivity index (χ1) is 21.0. The predicted molar refractivity (Wildman–Crippen MR) is 170 cm³/mol. The van der Waals surface area contributed by atoms with Crippen LogP contribution >= 0.6 is 0 Å². The van der Waals surface area contributed by atoms with Gasteiger partial charge in [0.2, 0.25) is 0 Å². The highest BCUT2D eigenvalue weighted by Gasteiger charge is 2.26. The second-order valence-electron chi connectivity index (χ2n) is 12.5. The van der Waals surface area contributed by atoms with Gasteiger partial charge in [0.25, 0.3) is 0 Å². The van der Waals surface area contributed by atoms with Crippen molar-refractivity contribution >= 4 is 11.1 Å². The van der Waals surface area contributed by atoms with Crippen molar-refractivity contribution in [1.82, 2.24) is 0 Å². The second-order valence-corrected chi connectivity index (χ2v) is 12.5. The van der Waals surface area contributed by atoms with Crippen molar-refractivity contribution in [3.8, 4) is 12.1 Å². The summed E-state index contributed by atoms with van der Waals surface area (Å²) in [4.78, 5) is 0. The summed E-state index contributed by atoms with van der Waals surface area (Å²) in [7, 11) is 0. The van der Waals surface area contributed by atoms with Crippen LogP contribution in [0, 0.1) is 58.0 Å². The van der Waals surface area contributed by atoms with Gasteiger partial charge in [0.15, 0.2) is 0 Å². The Kier molecular flexibility index (Phi) is 12.5. The number of rotatable bonds is 12. The third-order valence-electron chi connectivity index (χ3n) is 9.65.